The van der Waals surface area contributed by atoms with Crippen molar-refractivity contribution in [1.29, 1.82) is 0 Å². The zero-order valence-electron chi connectivity index (χ0n) is 11.5. The van der Waals surface area contributed by atoms with Crippen molar-refractivity contribution in [3.63, 3.8) is 0 Å². The number of carbonyl (C=O) groups is 3. The quantitative estimate of drug-likeness (QED) is 0.598. The Morgan fingerprint density at radius 2 is 1.75 bits per heavy atom. The van der Waals surface area contributed by atoms with Gasteiger partial charge in [-0.05, 0) is 18.8 Å². The van der Waals surface area contributed by atoms with E-state index in [9.17, 15) is 14.4 Å². The summed E-state index contributed by atoms with van der Waals surface area (Å²) in [5, 5.41) is 2.82. The van der Waals surface area contributed by atoms with Crippen LogP contribution >= 0.6 is 0 Å². The van der Waals surface area contributed by atoms with Crippen LogP contribution in [-0.2, 0) is 14.4 Å². The summed E-state index contributed by atoms with van der Waals surface area (Å²) >= 11 is 0. The Morgan fingerprint density at radius 1 is 1.15 bits per heavy atom. The van der Waals surface area contributed by atoms with Crippen molar-refractivity contribution in [2.45, 2.75) is 32.1 Å². The molecule has 1 saturated heterocycles. The van der Waals surface area contributed by atoms with Gasteiger partial charge in [0.1, 0.15) is 0 Å². The second-order valence-electron chi connectivity index (χ2n) is 5.97. The number of fused-ring (bicyclic) bond motifs is 1. The van der Waals surface area contributed by atoms with Crippen LogP contribution in [0.25, 0.3) is 0 Å². The Hall–Kier alpha value is -1.65. The van der Waals surface area contributed by atoms with E-state index >= 15 is 0 Å². The van der Waals surface area contributed by atoms with Crippen molar-refractivity contribution < 1.29 is 14.4 Å². The third-order valence-electron chi connectivity index (χ3n) is 4.62. The fourth-order valence-electron chi connectivity index (χ4n) is 3.35. The molecule has 0 radical (unpaired) electrons. The van der Waals surface area contributed by atoms with Gasteiger partial charge in [-0.1, -0.05) is 25.0 Å². The van der Waals surface area contributed by atoms with Crippen LogP contribution < -0.4 is 5.32 Å². The van der Waals surface area contributed by atoms with Crippen LogP contribution in [0.15, 0.2) is 12.2 Å². The molecule has 1 heterocycles. The first-order valence-corrected chi connectivity index (χ1v) is 7.47. The van der Waals surface area contributed by atoms with Crippen LogP contribution in [0.5, 0.6) is 0 Å². The Bertz CT molecular complexity index is 442. The van der Waals surface area contributed by atoms with Crippen LogP contribution in [0, 0.1) is 17.8 Å². The van der Waals surface area contributed by atoms with Gasteiger partial charge in [-0.15, -0.1) is 0 Å². The number of amides is 3. The van der Waals surface area contributed by atoms with Crippen molar-refractivity contribution >= 4 is 17.7 Å². The predicted octanol–water partition coefficient (Wildman–Crippen LogP) is 0.854. The largest absolute Gasteiger partial charge is 0.354 e. The summed E-state index contributed by atoms with van der Waals surface area (Å²) in [4.78, 5) is 36.8. The minimum absolute atomic E-state index is 0.0390. The van der Waals surface area contributed by atoms with Crippen LogP contribution in [0.4, 0.5) is 0 Å². The number of nitrogens with one attached hydrogen (secondary N) is 1. The Morgan fingerprint density at radius 3 is 2.30 bits per heavy atom. The molecule has 0 aromatic heterocycles. The first kappa shape index (κ1) is 13.3. The normalized spacial score (nSPS) is 28.7. The van der Waals surface area contributed by atoms with E-state index in [0.717, 1.165) is 12.8 Å². The molecule has 108 valence electrons. The zero-order valence-corrected chi connectivity index (χ0v) is 11.5. The molecule has 3 amide bonds. The van der Waals surface area contributed by atoms with Crippen molar-refractivity contribution in [2.24, 2.45) is 17.8 Å². The van der Waals surface area contributed by atoms with E-state index in [1.54, 1.807) is 12.2 Å². The Balaban J connectivity index is 1.40. The molecule has 0 aromatic carbocycles. The van der Waals surface area contributed by atoms with Gasteiger partial charge in [-0.25, -0.2) is 0 Å². The van der Waals surface area contributed by atoms with E-state index in [4.69, 9.17) is 0 Å². The molecule has 0 spiro atoms. The van der Waals surface area contributed by atoms with Gasteiger partial charge in [0, 0.05) is 19.5 Å². The molecule has 5 heteroatoms. The van der Waals surface area contributed by atoms with Gasteiger partial charge in [-0.3, -0.25) is 19.3 Å². The lowest BCUT2D eigenvalue weighted by molar-refractivity contribution is -0.139. The smallest absolute Gasteiger partial charge is 0.237 e. The summed E-state index contributed by atoms with van der Waals surface area (Å²) < 4.78 is 0. The fraction of sp³-hybridized carbons (Fsp3) is 0.667. The molecule has 2 atom stereocenters. The average molecular weight is 276 g/mol. The highest BCUT2D eigenvalue weighted by atomic mass is 16.2. The predicted molar refractivity (Wildman–Crippen MR) is 72.4 cm³/mol. The summed E-state index contributed by atoms with van der Waals surface area (Å²) in [5.41, 5.74) is 0. The molecule has 1 N–H and O–H groups in total. The van der Waals surface area contributed by atoms with E-state index in [-0.39, 0.29) is 29.6 Å². The lowest BCUT2D eigenvalue weighted by Gasteiger charge is -2.15. The van der Waals surface area contributed by atoms with E-state index in [1.165, 1.54) is 17.7 Å². The molecular weight excluding hydrogens is 256 g/mol. The SMILES string of the molecule is O=C(CC1CCCC1)NCCN1C(=O)C2C=CC2C1=O. The number of rotatable bonds is 5. The zero-order chi connectivity index (χ0) is 14.1. The molecule has 3 rings (SSSR count). The van der Waals surface area contributed by atoms with Crippen molar-refractivity contribution in [1.82, 2.24) is 10.2 Å². The van der Waals surface area contributed by atoms with E-state index in [2.05, 4.69) is 5.32 Å². The second-order valence-corrected chi connectivity index (χ2v) is 5.97. The number of imide groups is 1. The lowest BCUT2D eigenvalue weighted by atomic mass is 9.85. The molecule has 2 aliphatic carbocycles. The summed E-state index contributed by atoms with van der Waals surface area (Å²) in [7, 11) is 0. The van der Waals surface area contributed by atoms with Crippen molar-refractivity contribution in [3.8, 4) is 0 Å². The van der Waals surface area contributed by atoms with Gasteiger partial charge < -0.3 is 5.32 Å². The molecule has 20 heavy (non-hydrogen) atoms. The molecule has 3 aliphatic rings. The first-order valence-electron chi connectivity index (χ1n) is 7.47. The highest BCUT2D eigenvalue weighted by Gasteiger charge is 2.48. The molecular formula is C15H20N2O3. The van der Waals surface area contributed by atoms with E-state index in [0.29, 0.717) is 25.4 Å². The lowest BCUT2D eigenvalue weighted by Crippen LogP contribution is -2.38. The summed E-state index contributed by atoms with van der Waals surface area (Å²) in [6, 6.07) is 0. The number of hydrogen-bond donors (Lipinski definition) is 1. The van der Waals surface area contributed by atoms with Crippen LogP contribution in [0.2, 0.25) is 0 Å². The number of likely N-dealkylation sites (tertiary alicyclic amines) is 1. The third-order valence-corrected chi connectivity index (χ3v) is 4.62. The maximum atomic E-state index is 11.9. The highest BCUT2D eigenvalue weighted by Crippen LogP contribution is 2.35. The molecule has 2 unspecified atom stereocenters. The van der Waals surface area contributed by atoms with Crippen LogP contribution in [-0.4, -0.2) is 35.7 Å². The molecule has 1 saturated carbocycles. The molecule has 1 aliphatic heterocycles. The van der Waals surface area contributed by atoms with Crippen LogP contribution in [0.1, 0.15) is 32.1 Å². The molecule has 0 bridgehead atoms. The van der Waals surface area contributed by atoms with Crippen LogP contribution in [0.3, 0.4) is 0 Å². The third kappa shape index (κ3) is 2.37. The van der Waals surface area contributed by atoms with Gasteiger partial charge in [0.25, 0.3) is 0 Å². The van der Waals surface area contributed by atoms with Crippen molar-refractivity contribution in [3.05, 3.63) is 12.2 Å². The van der Waals surface area contributed by atoms with E-state index < -0.39 is 0 Å². The fourth-order valence-corrected chi connectivity index (χ4v) is 3.35. The minimum atomic E-state index is -0.239. The topological polar surface area (TPSA) is 66.5 Å². The molecule has 2 fully saturated rings. The van der Waals surface area contributed by atoms with Gasteiger partial charge in [0.15, 0.2) is 0 Å². The molecule has 0 aromatic rings. The molecule has 5 nitrogen and oxygen atoms in total. The highest BCUT2D eigenvalue weighted by molar-refractivity contribution is 6.08. The monoisotopic (exact) mass is 276 g/mol. The van der Waals surface area contributed by atoms with E-state index in [1.807, 2.05) is 0 Å². The number of hydrogen-bond acceptors (Lipinski definition) is 3. The van der Waals surface area contributed by atoms with Gasteiger partial charge in [0.05, 0.1) is 11.8 Å². The number of nitrogens with zero attached hydrogens (tertiary/aromatic N) is 1. The van der Waals surface area contributed by atoms with Gasteiger partial charge in [-0.2, -0.15) is 0 Å². The maximum absolute atomic E-state index is 11.9. The van der Waals surface area contributed by atoms with Gasteiger partial charge in [0.2, 0.25) is 17.7 Å². The van der Waals surface area contributed by atoms with Crippen molar-refractivity contribution in [2.75, 3.05) is 13.1 Å². The second kappa shape index (κ2) is 5.38. The summed E-state index contributed by atoms with van der Waals surface area (Å²) in [6.07, 6.45) is 8.88. The number of carbonyl (C=O) groups excluding carboxylic acids is 3. The van der Waals surface area contributed by atoms with Gasteiger partial charge >= 0.3 is 0 Å². The maximum Gasteiger partial charge on any atom is 0.237 e. The summed E-state index contributed by atoms with van der Waals surface area (Å²) in [5.74, 6) is -0.157. The Labute approximate surface area is 118 Å². The average Bonchev–Trinajstić information content (AvgIpc) is 2.89. The Kier molecular flexibility index (Phi) is 3.59. The first-order chi connectivity index (χ1) is 9.66. The standard InChI is InChI=1S/C15H20N2O3/c18-13(9-10-3-1-2-4-10)16-7-8-17-14(19)11-5-6-12(11)15(17)20/h5-6,10-12H,1-4,7-9H2,(H,16,18). The summed E-state index contributed by atoms with van der Waals surface area (Å²) in [6.45, 7) is 0.658. The minimum Gasteiger partial charge on any atom is -0.354 e.